The van der Waals surface area contributed by atoms with Gasteiger partial charge in [0.15, 0.2) is 11.5 Å². The second-order valence-electron chi connectivity index (χ2n) is 5.90. The highest BCUT2D eigenvalue weighted by Crippen LogP contribution is 2.42. The number of halogens is 1. The molecule has 0 atom stereocenters. The van der Waals surface area contributed by atoms with E-state index in [-0.39, 0.29) is 12.3 Å². The van der Waals surface area contributed by atoms with Crippen molar-refractivity contribution in [3.05, 3.63) is 27.7 Å². The summed E-state index contributed by atoms with van der Waals surface area (Å²) < 4.78 is 11.2. The van der Waals surface area contributed by atoms with E-state index < -0.39 is 0 Å². The van der Waals surface area contributed by atoms with Crippen molar-refractivity contribution >= 4 is 34.0 Å². The minimum absolute atomic E-state index is 0.154. The van der Waals surface area contributed by atoms with Crippen LogP contribution in [0.15, 0.2) is 12.1 Å². The van der Waals surface area contributed by atoms with Crippen LogP contribution in [0.1, 0.15) is 35.8 Å². The fourth-order valence-corrected chi connectivity index (χ4v) is 3.73. The number of carbonyl (C=O) groups excluding carboxylic acids is 1. The molecule has 0 bridgehead atoms. The third-order valence-corrected chi connectivity index (χ3v) is 5.12. The van der Waals surface area contributed by atoms with Crippen LogP contribution < -0.4 is 14.8 Å². The third-order valence-electron chi connectivity index (χ3n) is 3.84. The van der Waals surface area contributed by atoms with E-state index in [1.807, 2.05) is 6.07 Å². The van der Waals surface area contributed by atoms with Crippen LogP contribution >= 0.6 is 22.9 Å². The number of rotatable bonds is 4. The summed E-state index contributed by atoms with van der Waals surface area (Å²) in [5, 5.41) is 12.9. The first-order chi connectivity index (χ1) is 11.7. The number of fused-ring (bicyclic) bond motifs is 1. The molecule has 8 heteroatoms. The Morgan fingerprint density at radius 1 is 1.29 bits per heavy atom. The van der Waals surface area contributed by atoms with Crippen LogP contribution in [0.5, 0.6) is 11.5 Å². The predicted octanol–water partition coefficient (Wildman–Crippen LogP) is 3.41. The molecule has 1 aromatic carbocycles. The van der Waals surface area contributed by atoms with Gasteiger partial charge < -0.3 is 14.8 Å². The number of aromatic nitrogens is 2. The topological polar surface area (TPSA) is 73.3 Å². The Kier molecular flexibility index (Phi) is 4.28. The van der Waals surface area contributed by atoms with E-state index in [2.05, 4.69) is 15.5 Å². The van der Waals surface area contributed by atoms with Gasteiger partial charge in [-0.05, 0) is 30.5 Å². The second-order valence-corrected chi connectivity index (χ2v) is 7.32. The number of anilines is 1. The van der Waals surface area contributed by atoms with Crippen molar-refractivity contribution in [3.63, 3.8) is 0 Å². The van der Waals surface area contributed by atoms with Crippen molar-refractivity contribution in [1.82, 2.24) is 10.2 Å². The maximum absolute atomic E-state index is 12.2. The first-order valence-electron chi connectivity index (χ1n) is 7.90. The van der Waals surface area contributed by atoms with E-state index in [0.717, 1.165) is 29.8 Å². The monoisotopic (exact) mass is 365 g/mol. The first kappa shape index (κ1) is 15.7. The largest absolute Gasteiger partial charge is 0.489 e. The van der Waals surface area contributed by atoms with Crippen molar-refractivity contribution in [2.45, 2.75) is 31.6 Å². The third kappa shape index (κ3) is 3.47. The molecule has 1 fully saturated rings. The van der Waals surface area contributed by atoms with E-state index in [0.29, 0.717) is 40.8 Å². The highest BCUT2D eigenvalue weighted by molar-refractivity contribution is 7.15. The normalized spacial score (nSPS) is 16.5. The lowest BCUT2D eigenvalue weighted by atomic mass is 10.1. The summed E-state index contributed by atoms with van der Waals surface area (Å²) in [5.74, 6) is 1.53. The molecule has 0 saturated heterocycles. The second kappa shape index (κ2) is 6.57. The zero-order valence-corrected chi connectivity index (χ0v) is 14.5. The highest BCUT2D eigenvalue weighted by Gasteiger charge is 2.27. The molecule has 0 spiro atoms. The molecule has 2 aromatic rings. The number of ether oxygens (including phenoxy) is 2. The smallest absolute Gasteiger partial charge is 0.230 e. The van der Waals surface area contributed by atoms with E-state index >= 15 is 0 Å². The SMILES string of the molecule is O=C(Cc1cc(Cl)c2c(c1)OCCCO2)Nc1nnc(C2CC2)s1. The summed E-state index contributed by atoms with van der Waals surface area (Å²) in [6.07, 6.45) is 3.33. The zero-order valence-electron chi connectivity index (χ0n) is 12.9. The van der Waals surface area contributed by atoms with Crippen LogP contribution in [0.3, 0.4) is 0 Å². The molecule has 1 amide bonds. The van der Waals surface area contributed by atoms with Crippen molar-refractivity contribution in [2.24, 2.45) is 0 Å². The van der Waals surface area contributed by atoms with Gasteiger partial charge in [-0.25, -0.2) is 0 Å². The van der Waals surface area contributed by atoms with Gasteiger partial charge in [-0.2, -0.15) is 0 Å². The quantitative estimate of drug-likeness (QED) is 0.898. The number of benzene rings is 1. The van der Waals surface area contributed by atoms with Gasteiger partial charge in [0.25, 0.3) is 0 Å². The Balaban J connectivity index is 1.44. The molecule has 1 aromatic heterocycles. The summed E-state index contributed by atoms with van der Waals surface area (Å²) in [7, 11) is 0. The number of nitrogens with zero attached hydrogens (tertiary/aromatic N) is 2. The summed E-state index contributed by atoms with van der Waals surface area (Å²) in [6.45, 7) is 1.15. The minimum Gasteiger partial charge on any atom is -0.489 e. The summed E-state index contributed by atoms with van der Waals surface area (Å²) >= 11 is 7.70. The van der Waals surface area contributed by atoms with Crippen molar-refractivity contribution in [2.75, 3.05) is 18.5 Å². The molecule has 0 radical (unpaired) electrons. The van der Waals surface area contributed by atoms with E-state index in [1.54, 1.807) is 6.07 Å². The minimum atomic E-state index is -0.154. The molecular weight excluding hydrogens is 350 g/mol. The number of nitrogens with one attached hydrogen (secondary N) is 1. The molecule has 1 aliphatic carbocycles. The fraction of sp³-hybridized carbons (Fsp3) is 0.438. The van der Waals surface area contributed by atoms with Crippen molar-refractivity contribution in [1.29, 1.82) is 0 Å². The number of hydrogen-bond donors (Lipinski definition) is 1. The van der Waals surface area contributed by atoms with Crippen LogP contribution in [0.2, 0.25) is 5.02 Å². The lowest BCUT2D eigenvalue weighted by molar-refractivity contribution is -0.115. The molecule has 24 heavy (non-hydrogen) atoms. The van der Waals surface area contributed by atoms with Gasteiger partial charge in [0.05, 0.1) is 24.7 Å². The van der Waals surface area contributed by atoms with Gasteiger partial charge >= 0.3 is 0 Å². The number of hydrogen-bond acceptors (Lipinski definition) is 6. The van der Waals surface area contributed by atoms with Crippen molar-refractivity contribution in [3.8, 4) is 11.5 Å². The van der Waals surface area contributed by atoms with Crippen LogP contribution in [0.25, 0.3) is 0 Å². The molecular formula is C16H16ClN3O3S. The molecule has 1 saturated carbocycles. The number of carbonyl (C=O) groups is 1. The summed E-state index contributed by atoms with van der Waals surface area (Å²) in [4.78, 5) is 12.2. The lowest BCUT2D eigenvalue weighted by Crippen LogP contribution is -2.14. The van der Waals surface area contributed by atoms with Gasteiger partial charge in [0.2, 0.25) is 11.0 Å². The summed E-state index contributed by atoms with van der Waals surface area (Å²) in [6, 6.07) is 3.55. The molecule has 2 heterocycles. The molecule has 2 aliphatic rings. The maximum atomic E-state index is 12.2. The molecule has 0 unspecified atom stereocenters. The Labute approximate surface area is 148 Å². The lowest BCUT2D eigenvalue weighted by Gasteiger charge is -2.11. The average Bonchev–Trinajstić information content (AvgIpc) is 3.32. The Bertz CT molecular complexity index is 776. The van der Waals surface area contributed by atoms with Gasteiger partial charge in [-0.3, -0.25) is 4.79 Å². The molecule has 6 nitrogen and oxygen atoms in total. The summed E-state index contributed by atoms with van der Waals surface area (Å²) in [5.41, 5.74) is 0.772. The molecule has 4 rings (SSSR count). The maximum Gasteiger partial charge on any atom is 0.230 e. The number of amides is 1. The van der Waals surface area contributed by atoms with Gasteiger partial charge in [-0.15, -0.1) is 10.2 Å². The standard InChI is InChI=1S/C16H16ClN3O3S/c17-11-6-9(7-12-14(11)23-5-1-4-22-12)8-13(21)18-16-20-19-15(24-16)10-2-3-10/h6-7,10H,1-5,8H2,(H,18,20,21). The Morgan fingerprint density at radius 3 is 2.96 bits per heavy atom. The van der Waals surface area contributed by atoms with E-state index in [4.69, 9.17) is 21.1 Å². The Hall–Kier alpha value is -1.86. The van der Waals surface area contributed by atoms with Crippen LogP contribution in [0, 0.1) is 0 Å². The van der Waals surface area contributed by atoms with Gasteiger partial charge in [0.1, 0.15) is 5.01 Å². The van der Waals surface area contributed by atoms with Gasteiger partial charge in [0, 0.05) is 12.3 Å². The Morgan fingerprint density at radius 2 is 2.12 bits per heavy atom. The predicted molar refractivity (Wildman–Crippen MR) is 91.3 cm³/mol. The molecule has 126 valence electrons. The molecule has 1 aliphatic heterocycles. The van der Waals surface area contributed by atoms with Gasteiger partial charge in [-0.1, -0.05) is 22.9 Å². The average molecular weight is 366 g/mol. The zero-order chi connectivity index (χ0) is 16.5. The van der Waals surface area contributed by atoms with E-state index in [9.17, 15) is 4.79 Å². The van der Waals surface area contributed by atoms with E-state index in [1.165, 1.54) is 11.3 Å². The first-order valence-corrected chi connectivity index (χ1v) is 9.10. The van der Waals surface area contributed by atoms with Crippen molar-refractivity contribution < 1.29 is 14.3 Å². The van der Waals surface area contributed by atoms with Crippen LogP contribution in [0.4, 0.5) is 5.13 Å². The fourth-order valence-electron chi connectivity index (χ4n) is 2.52. The van der Waals surface area contributed by atoms with Crippen LogP contribution in [-0.4, -0.2) is 29.3 Å². The highest BCUT2D eigenvalue weighted by atomic mass is 35.5. The van der Waals surface area contributed by atoms with Crippen LogP contribution in [-0.2, 0) is 11.2 Å². The molecule has 1 N–H and O–H groups in total.